The smallest absolute Gasteiger partial charge is 0.337 e. The van der Waals surface area contributed by atoms with Gasteiger partial charge < -0.3 is 24.3 Å². The van der Waals surface area contributed by atoms with E-state index in [-0.39, 0.29) is 12.6 Å². The second-order valence-electron chi connectivity index (χ2n) is 9.94. The van der Waals surface area contributed by atoms with Crippen LogP contribution in [0.25, 0.3) is 11.0 Å². The number of hydrogen-bond acceptors (Lipinski definition) is 9. The highest BCUT2D eigenvalue weighted by Gasteiger charge is 2.34. The number of ether oxygens (including phenoxy) is 4. The molecule has 12 heteroatoms. The van der Waals surface area contributed by atoms with Gasteiger partial charge in [0.25, 0.3) is 0 Å². The topological polar surface area (TPSA) is 134 Å². The van der Waals surface area contributed by atoms with Crippen LogP contribution in [0.2, 0.25) is 0 Å². The number of carbonyl (C=O) groups excluding carboxylic acids is 3. The van der Waals surface area contributed by atoms with Crippen LogP contribution in [0, 0.1) is 0 Å². The van der Waals surface area contributed by atoms with Crippen LogP contribution in [-0.2, 0) is 25.6 Å². The molecular weight excluding hydrogens is 554 g/mol. The van der Waals surface area contributed by atoms with Crippen LogP contribution in [-0.4, -0.2) is 73.4 Å². The summed E-state index contributed by atoms with van der Waals surface area (Å²) in [4.78, 5) is 41.9. The van der Waals surface area contributed by atoms with Gasteiger partial charge in [-0.15, -0.1) is 5.10 Å². The zero-order valence-electron chi connectivity index (χ0n) is 24.2. The van der Waals surface area contributed by atoms with E-state index in [0.717, 1.165) is 12.8 Å². The van der Waals surface area contributed by atoms with E-state index in [1.165, 1.54) is 30.9 Å². The average Bonchev–Trinajstić information content (AvgIpc) is 3.72. The van der Waals surface area contributed by atoms with E-state index in [1.807, 2.05) is 18.2 Å². The Balaban J connectivity index is 1.59. The molecule has 5 rings (SSSR count). The monoisotopic (exact) mass is 587 g/mol. The summed E-state index contributed by atoms with van der Waals surface area (Å²) in [5, 5.41) is 11.3. The molecule has 1 fully saturated rings. The quantitative estimate of drug-likeness (QED) is 0.262. The van der Waals surface area contributed by atoms with Crippen molar-refractivity contribution >= 4 is 34.5 Å². The Bertz CT molecular complexity index is 1600. The first kappa shape index (κ1) is 29.5. The van der Waals surface area contributed by atoms with Gasteiger partial charge in [-0.05, 0) is 66.9 Å². The van der Waals surface area contributed by atoms with Crippen LogP contribution < -0.4 is 19.7 Å². The fourth-order valence-corrected chi connectivity index (χ4v) is 5.11. The van der Waals surface area contributed by atoms with E-state index in [0.29, 0.717) is 52.5 Å². The number of aromatic nitrogens is 3. The second-order valence-corrected chi connectivity index (χ2v) is 9.94. The molecule has 0 radical (unpaired) electrons. The molecule has 2 atom stereocenters. The number of nitrogens with one attached hydrogen (secondary N) is 1. The summed E-state index contributed by atoms with van der Waals surface area (Å²) in [7, 11) is 4.31. The molecule has 1 aliphatic rings. The first-order chi connectivity index (χ1) is 20.9. The van der Waals surface area contributed by atoms with Crippen molar-refractivity contribution in [2.75, 3.05) is 39.4 Å². The van der Waals surface area contributed by atoms with Gasteiger partial charge in [0.1, 0.15) is 18.1 Å². The van der Waals surface area contributed by atoms with Crippen molar-refractivity contribution in [2.24, 2.45) is 0 Å². The highest BCUT2D eigenvalue weighted by atomic mass is 16.5. The minimum atomic E-state index is -1.13. The van der Waals surface area contributed by atoms with Gasteiger partial charge in [0.15, 0.2) is 11.5 Å². The van der Waals surface area contributed by atoms with Gasteiger partial charge in [-0.1, -0.05) is 23.4 Å². The molecule has 2 amide bonds. The number of methoxy groups -OCH3 is 3. The van der Waals surface area contributed by atoms with Crippen LogP contribution in [0.1, 0.15) is 34.8 Å². The predicted molar refractivity (Wildman–Crippen MR) is 157 cm³/mol. The minimum absolute atomic E-state index is 0.111. The molecule has 3 aromatic carbocycles. The maximum atomic E-state index is 14.3. The van der Waals surface area contributed by atoms with E-state index in [9.17, 15) is 14.4 Å². The van der Waals surface area contributed by atoms with Crippen molar-refractivity contribution in [3.63, 3.8) is 0 Å². The van der Waals surface area contributed by atoms with Gasteiger partial charge in [-0.25, -0.2) is 9.48 Å². The Morgan fingerprint density at radius 1 is 1.02 bits per heavy atom. The molecule has 12 nitrogen and oxygen atoms in total. The number of hydrogen-bond donors (Lipinski definition) is 1. The highest BCUT2D eigenvalue weighted by Crippen LogP contribution is 2.35. The molecule has 0 bridgehead atoms. The summed E-state index contributed by atoms with van der Waals surface area (Å²) < 4.78 is 23.0. The number of esters is 1. The Labute approximate surface area is 248 Å². The molecular formula is C31H33N5O7. The van der Waals surface area contributed by atoms with E-state index in [1.54, 1.807) is 48.5 Å². The van der Waals surface area contributed by atoms with E-state index < -0.39 is 23.8 Å². The molecule has 1 N–H and O–H groups in total. The third kappa shape index (κ3) is 6.44. The molecule has 43 heavy (non-hydrogen) atoms. The van der Waals surface area contributed by atoms with E-state index in [2.05, 4.69) is 15.6 Å². The van der Waals surface area contributed by atoms with Gasteiger partial charge in [-0.2, -0.15) is 0 Å². The molecule has 224 valence electrons. The summed E-state index contributed by atoms with van der Waals surface area (Å²) in [6.07, 6.45) is 1.64. The largest absolute Gasteiger partial charge is 0.493 e. The number of para-hydroxylation sites is 1. The Kier molecular flexibility index (Phi) is 9.16. The fraction of sp³-hybridized carbons (Fsp3) is 0.323. The average molecular weight is 588 g/mol. The zero-order valence-corrected chi connectivity index (χ0v) is 24.2. The minimum Gasteiger partial charge on any atom is -0.493 e. The van der Waals surface area contributed by atoms with Crippen molar-refractivity contribution in [1.82, 2.24) is 20.3 Å². The predicted octanol–water partition coefficient (Wildman–Crippen LogP) is 3.30. The summed E-state index contributed by atoms with van der Waals surface area (Å²) >= 11 is 0. The molecule has 0 unspecified atom stereocenters. The van der Waals surface area contributed by atoms with Gasteiger partial charge >= 0.3 is 5.97 Å². The maximum absolute atomic E-state index is 14.3. The van der Waals surface area contributed by atoms with Crippen LogP contribution in [0.3, 0.4) is 0 Å². The number of rotatable bonds is 11. The van der Waals surface area contributed by atoms with Crippen molar-refractivity contribution in [3.05, 3.63) is 77.9 Å². The Hall–Kier alpha value is -4.97. The van der Waals surface area contributed by atoms with Crippen LogP contribution in [0.15, 0.2) is 66.7 Å². The van der Waals surface area contributed by atoms with Crippen LogP contribution in [0.5, 0.6) is 11.5 Å². The second kappa shape index (κ2) is 13.3. The summed E-state index contributed by atoms with van der Waals surface area (Å²) in [6, 6.07) is 17.5. The van der Waals surface area contributed by atoms with Crippen molar-refractivity contribution in [2.45, 2.75) is 31.5 Å². The highest BCUT2D eigenvalue weighted by molar-refractivity contribution is 6.02. The standard InChI is InChI=1S/C31H33N5O7/c1-40-26-15-12-21(17-27(26)41-2)29(30(38)32-18-23-7-6-16-43-23)36(22-13-10-20(11-14-22)31(39)42-3)28(37)19-35-25-9-5-4-8-24(25)33-34-35/h4-5,8-15,17,23,29H,6-7,16,18-19H2,1-3H3,(H,32,38)/t23-,29-/m0/s1. The normalized spacial score (nSPS) is 15.1. The first-order valence-corrected chi connectivity index (χ1v) is 13.8. The Morgan fingerprint density at radius 3 is 2.49 bits per heavy atom. The lowest BCUT2D eigenvalue weighted by atomic mass is 10.0. The lowest BCUT2D eigenvalue weighted by molar-refractivity contribution is -0.127. The lowest BCUT2D eigenvalue weighted by Gasteiger charge is -2.32. The number of nitrogens with zero attached hydrogens (tertiary/aromatic N) is 4. The molecule has 4 aromatic rings. The summed E-state index contributed by atoms with van der Waals surface area (Å²) in [6.45, 7) is 0.727. The number of amides is 2. The van der Waals surface area contributed by atoms with Crippen LogP contribution >= 0.6 is 0 Å². The Morgan fingerprint density at radius 2 is 1.79 bits per heavy atom. The van der Waals surface area contributed by atoms with E-state index >= 15 is 0 Å². The third-order valence-corrected chi connectivity index (χ3v) is 7.30. The van der Waals surface area contributed by atoms with E-state index in [4.69, 9.17) is 18.9 Å². The van der Waals surface area contributed by atoms with Crippen molar-refractivity contribution < 1.29 is 33.3 Å². The third-order valence-electron chi connectivity index (χ3n) is 7.30. The number of anilines is 1. The molecule has 1 aromatic heterocycles. The number of benzene rings is 3. The maximum Gasteiger partial charge on any atom is 0.337 e. The number of carbonyl (C=O) groups is 3. The van der Waals surface area contributed by atoms with Crippen LogP contribution in [0.4, 0.5) is 5.69 Å². The lowest BCUT2D eigenvalue weighted by Crippen LogP contribution is -2.46. The number of fused-ring (bicyclic) bond motifs is 1. The van der Waals surface area contributed by atoms with Gasteiger partial charge in [0.05, 0.1) is 38.5 Å². The molecule has 0 spiro atoms. The van der Waals surface area contributed by atoms with Gasteiger partial charge in [0, 0.05) is 18.8 Å². The SMILES string of the molecule is COC(=O)c1ccc(N(C(=O)Cn2nnc3ccccc32)[C@H](C(=O)NC[C@@H]2CCCO2)c2ccc(OC)c(OC)c2)cc1. The first-order valence-electron chi connectivity index (χ1n) is 13.8. The van der Waals surface area contributed by atoms with Crippen molar-refractivity contribution in [3.8, 4) is 11.5 Å². The summed E-state index contributed by atoms with van der Waals surface area (Å²) in [5.41, 5.74) is 2.47. The fourth-order valence-electron chi connectivity index (χ4n) is 5.11. The van der Waals surface area contributed by atoms with Gasteiger partial charge in [-0.3, -0.25) is 14.5 Å². The molecule has 1 aliphatic heterocycles. The molecule has 2 heterocycles. The zero-order chi connectivity index (χ0) is 30.3. The molecule has 0 aliphatic carbocycles. The molecule has 0 saturated carbocycles. The van der Waals surface area contributed by atoms with Crippen molar-refractivity contribution in [1.29, 1.82) is 0 Å². The summed E-state index contributed by atoms with van der Waals surface area (Å²) in [5.74, 6) is -0.513. The van der Waals surface area contributed by atoms with Gasteiger partial charge in [0.2, 0.25) is 11.8 Å². The molecule has 1 saturated heterocycles.